The van der Waals surface area contributed by atoms with Gasteiger partial charge in [-0.2, -0.15) is 0 Å². The second-order valence-electron chi connectivity index (χ2n) is 3.51. The minimum Gasteiger partial charge on any atom is -0.355 e. The number of nitrogens with zero attached hydrogens (tertiary/aromatic N) is 1. The first kappa shape index (κ1) is 8.93. The number of nitrogens with one attached hydrogen (secondary N) is 3. The molecule has 1 unspecified atom stereocenters. The fourth-order valence-corrected chi connectivity index (χ4v) is 1.84. The Morgan fingerprint density at radius 1 is 1.31 bits per heavy atom. The van der Waals surface area contributed by atoms with E-state index in [0.717, 1.165) is 32.6 Å². The van der Waals surface area contributed by atoms with Gasteiger partial charge < -0.3 is 5.32 Å². The molecule has 2 saturated heterocycles. The van der Waals surface area contributed by atoms with E-state index in [4.69, 9.17) is 0 Å². The summed E-state index contributed by atoms with van der Waals surface area (Å²) in [6, 6.07) is 0. The van der Waals surface area contributed by atoms with Gasteiger partial charge in [0.2, 0.25) is 5.91 Å². The molecule has 0 saturated carbocycles. The van der Waals surface area contributed by atoms with Crippen molar-refractivity contribution in [3.63, 3.8) is 0 Å². The molecule has 74 valence electrons. The van der Waals surface area contributed by atoms with Crippen LogP contribution in [-0.4, -0.2) is 43.2 Å². The Morgan fingerprint density at radius 3 is 3.00 bits per heavy atom. The second kappa shape index (κ2) is 4.04. The van der Waals surface area contributed by atoms with E-state index in [1.807, 2.05) is 0 Å². The predicted octanol–water partition coefficient (Wildman–Crippen LogP) is -1.37. The molecule has 2 aliphatic heterocycles. The van der Waals surface area contributed by atoms with E-state index < -0.39 is 0 Å². The summed E-state index contributed by atoms with van der Waals surface area (Å²) < 4.78 is 0. The number of carbonyl (C=O) groups excluding carboxylic acids is 1. The first-order valence-electron chi connectivity index (χ1n) is 4.85. The summed E-state index contributed by atoms with van der Waals surface area (Å²) >= 11 is 0. The first-order chi connectivity index (χ1) is 6.36. The highest BCUT2D eigenvalue weighted by Crippen LogP contribution is 2.06. The molecule has 13 heavy (non-hydrogen) atoms. The summed E-state index contributed by atoms with van der Waals surface area (Å²) in [5.74, 6) is 0.174. The van der Waals surface area contributed by atoms with Crippen LogP contribution in [0.3, 0.4) is 0 Å². The number of amides is 1. The highest BCUT2D eigenvalue weighted by Gasteiger charge is 2.23. The molecule has 0 radical (unpaired) electrons. The molecule has 2 fully saturated rings. The lowest BCUT2D eigenvalue weighted by molar-refractivity contribution is -0.120. The smallest absolute Gasteiger partial charge is 0.221 e. The lowest BCUT2D eigenvalue weighted by atomic mass is 10.3. The van der Waals surface area contributed by atoms with Crippen molar-refractivity contribution in [3.8, 4) is 0 Å². The van der Waals surface area contributed by atoms with Gasteiger partial charge in [-0.3, -0.25) is 15.1 Å². The van der Waals surface area contributed by atoms with E-state index in [-0.39, 0.29) is 5.91 Å². The molecular weight excluding hydrogens is 168 g/mol. The van der Waals surface area contributed by atoms with Crippen LogP contribution in [0.25, 0.3) is 0 Å². The average molecular weight is 184 g/mol. The zero-order valence-corrected chi connectivity index (χ0v) is 7.68. The number of rotatable bonds is 1. The quantitative estimate of drug-likeness (QED) is 0.471. The minimum atomic E-state index is 0.174. The van der Waals surface area contributed by atoms with E-state index in [0.29, 0.717) is 12.6 Å². The van der Waals surface area contributed by atoms with E-state index in [9.17, 15) is 4.79 Å². The van der Waals surface area contributed by atoms with Crippen LogP contribution in [0.5, 0.6) is 0 Å². The topological polar surface area (TPSA) is 56.4 Å². The van der Waals surface area contributed by atoms with Crippen molar-refractivity contribution in [2.45, 2.75) is 19.0 Å². The molecule has 0 aliphatic carbocycles. The Kier molecular flexibility index (Phi) is 2.77. The minimum absolute atomic E-state index is 0.174. The summed E-state index contributed by atoms with van der Waals surface area (Å²) in [6.07, 6.45) is 2.15. The van der Waals surface area contributed by atoms with Crippen LogP contribution in [0.15, 0.2) is 0 Å². The van der Waals surface area contributed by atoms with Crippen LogP contribution in [-0.2, 0) is 4.79 Å². The Bertz CT molecular complexity index is 191. The lowest BCUT2D eigenvalue weighted by Crippen LogP contribution is -2.45. The average Bonchev–Trinajstić information content (AvgIpc) is 2.56. The van der Waals surface area contributed by atoms with Gasteiger partial charge in [-0.05, 0) is 6.42 Å². The van der Waals surface area contributed by atoms with Crippen molar-refractivity contribution in [2.24, 2.45) is 0 Å². The van der Waals surface area contributed by atoms with Crippen LogP contribution < -0.4 is 16.2 Å². The van der Waals surface area contributed by atoms with Gasteiger partial charge in [0.15, 0.2) is 0 Å². The number of hydrogen-bond donors (Lipinski definition) is 3. The molecule has 0 aromatic carbocycles. The maximum Gasteiger partial charge on any atom is 0.221 e. The molecule has 2 aliphatic rings. The van der Waals surface area contributed by atoms with Crippen molar-refractivity contribution in [2.75, 3.05) is 26.2 Å². The van der Waals surface area contributed by atoms with Crippen molar-refractivity contribution in [1.82, 2.24) is 21.1 Å². The van der Waals surface area contributed by atoms with Gasteiger partial charge in [0.05, 0.1) is 6.17 Å². The summed E-state index contributed by atoms with van der Waals surface area (Å²) in [5.41, 5.74) is 6.31. The Labute approximate surface area is 77.8 Å². The monoisotopic (exact) mass is 184 g/mol. The van der Waals surface area contributed by atoms with E-state index >= 15 is 0 Å². The van der Waals surface area contributed by atoms with Crippen LogP contribution in [0.2, 0.25) is 0 Å². The normalized spacial score (nSPS) is 31.4. The van der Waals surface area contributed by atoms with Crippen LogP contribution >= 0.6 is 0 Å². The van der Waals surface area contributed by atoms with Crippen molar-refractivity contribution >= 4 is 5.91 Å². The van der Waals surface area contributed by atoms with Gasteiger partial charge in [-0.1, -0.05) is 0 Å². The largest absolute Gasteiger partial charge is 0.355 e. The number of carbonyl (C=O) groups is 1. The summed E-state index contributed by atoms with van der Waals surface area (Å²) in [4.78, 5) is 13.4. The standard InChI is InChI=1S/C8H16N4O/c13-8-2-5-12(6-4-9-8)7-1-3-10-11-7/h7,10-11H,1-6H2,(H,9,13). The van der Waals surface area contributed by atoms with Crippen LogP contribution in [0, 0.1) is 0 Å². The van der Waals surface area contributed by atoms with Gasteiger partial charge in [0.1, 0.15) is 0 Å². The summed E-state index contributed by atoms with van der Waals surface area (Å²) in [5, 5.41) is 2.87. The second-order valence-corrected chi connectivity index (χ2v) is 3.51. The maximum absolute atomic E-state index is 11.1. The summed E-state index contributed by atoms with van der Waals surface area (Å²) in [6.45, 7) is 3.61. The molecule has 2 heterocycles. The third-order valence-corrected chi connectivity index (χ3v) is 2.60. The fourth-order valence-electron chi connectivity index (χ4n) is 1.84. The lowest BCUT2D eigenvalue weighted by Gasteiger charge is -2.25. The Balaban J connectivity index is 1.87. The molecule has 0 aromatic rings. The van der Waals surface area contributed by atoms with Gasteiger partial charge in [-0.25, -0.2) is 5.43 Å². The van der Waals surface area contributed by atoms with Crippen molar-refractivity contribution in [3.05, 3.63) is 0 Å². The van der Waals surface area contributed by atoms with Gasteiger partial charge in [0.25, 0.3) is 0 Å². The third kappa shape index (κ3) is 2.18. The summed E-state index contributed by atoms with van der Waals surface area (Å²) in [7, 11) is 0. The third-order valence-electron chi connectivity index (χ3n) is 2.60. The first-order valence-corrected chi connectivity index (χ1v) is 4.85. The zero-order chi connectivity index (χ0) is 9.10. The zero-order valence-electron chi connectivity index (χ0n) is 7.68. The molecule has 2 rings (SSSR count). The molecule has 0 bridgehead atoms. The predicted molar refractivity (Wildman–Crippen MR) is 48.7 cm³/mol. The van der Waals surface area contributed by atoms with Gasteiger partial charge in [0, 0.05) is 32.6 Å². The molecule has 5 heteroatoms. The van der Waals surface area contributed by atoms with Gasteiger partial charge >= 0.3 is 0 Å². The highest BCUT2D eigenvalue weighted by atomic mass is 16.1. The molecular formula is C8H16N4O. The highest BCUT2D eigenvalue weighted by molar-refractivity contribution is 5.76. The number of hydrogen-bond acceptors (Lipinski definition) is 4. The molecule has 0 spiro atoms. The van der Waals surface area contributed by atoms with E-state index in [1.165, 1.54) is 0 Å². The molecule has 1 atom stereocenters. The SMILES string of the molecule is O=C1CCN(C2CCNN2)CCN1. The van der Waals surface area contributed by atoms with Crippen molar-refractivity contribution in [1.29, 1.82) is 0 Å². The van der Waals surface area contributed by atoms with Crippen molar-refractivity contribution < 1.29 is 4.79 Å². The van der Waals surface area contributed by atoms with Crippen LogP contribution in [0.1, 0.15) is 12.8 Å². The van der Waals surface area contributed by atoms with E-state index in [1.54, 1.807) is 0 Å². The Morgan fingerprint density at radius 2 is 2.23 bits per heavy atom. The fraction of sp³-hybridized carbons (Fsp3) is 0.875. The van der Waals surface area contributed by atoms with Gasteiger partial charge in [-0.15, -0.1) is 0 Å². The Hall–Kier alpha value is -0.650. The number of hydrazine groups is 1. The molecule has 5 nitrogen and oxygen atoms in total. The molecule has 1 amide bonds. The maximum atomic E-state index is 11.1. The molecule has 0 aromatic heterocycles. The molecule has 3 N–H and O–H groups in total. The van der Waals surface area contributed by atoms with Crippen LogP contribution in [0.4, 0.5) is 0 Å². The van der Waals surface area contributed by atoms with E-state index in [2.05, 4.69) is 21.1 Å².